The van der Waals surface area contributed by atoms with Crippen molar-refractivity contribution in [3.8, 4) is 17.2 Å². The van der Waals surface area contributed by atoms with Crippen LogP contribution in [0.5, 0.6) is 17.2 Å². The van der Waals surface area contributed by atoms with E-state index in [1.54, 1.807) is 12.1 Å². The van der Waals surface area contributed by atoms with Crippen molar-refractivity contribution in [3.63, 3.8) is 0 Å². The van der Waals surface area contributed by atoms with Crippen LogP contribution in [0, 0.1) is 0 Å². The molecular weight excluding hydrogens is 316 g/mol. The summed E-state index contributed by atoms with van der Waals surface area (Å²) in [5.74, 6) is -1.79. The Kier molecular flexibility index (Phi) is 4.64. The molecule has 7 nitrogen and oxygen atoms in total. The molecule has 0 aliphatic heterocycles. The van der Waals surface area contributed by atoms with Crippen LogP contribution in [-0.4, -0.2) is 17.5 Å². The molecule has 0 spiro atoms. The molecule has 0 radical (unpaired) electrons. The van der Waals surface area contributed by atoms with Crippen LogP contribution in [0.15, 0.2) is 27.4 Å². The number of carbonyl (C=O) groups is 2. The maximum atomic E-state index is 12.1. The van der Waals surface area contributed by atoms with Gasteiger partial charge in [0.1, 0.15) is 22.3 Å². The van der Waals surface area contributed by atoms with Crippen LogP contribution in [0.25, 0.3) is 11.0 Å². The minimum atomic E-state index is -0.929. The van der Waals surface area contributed by atoms with Crippen LogP contribution in [0.1, 0.15) is 34.6 Å². The maximum Gasteiger partial charge on any atom is 0.383 e. The summed E-state index contributed by atoms with van der Waals surface area (Å²) in [6.07, 6.45) is 0. The predicted octanol–water partition coefficient (Wildman–Crippen LogP) is 2.82. The third-order valence-corrected chi connectivity index (χ3v) is 2.72. The molecule has 0 unspecified atom stereocenters. The lowest BCUT2D eigenvalue weighted by Crippen LogP contribution is -2.23. The summed E-state index contributed by atoms with van der Waals surface area (Å²) in [5.41, 5.74) is -1.34. The lowest BCUT2D eigenvalue weighted by molar-refractivity contribution is -0.134. The summed E-state index contributed by atoms with van der Waals surface area (Å²) in [7, 11) is 0. The molecule has 2 rings (SSSR count). The third-order valence-electron chi connectivity index (χ3n) is 2.72. The zero-order valence-electron chi connectivity index (χ0n) is 14.1. The number of hydrogen-bond donors (Lipinski definition) is 0. The molecule has 0 N–H and O–H groups in total. The first-order valence-corrected chi connectivity index (χ1v) is 7.24. The van der Waals surface area contributed by atoms with Crippen LogP contribution in [0.4, 0.5) is 0 Å². The molecule has 24 heavy (non-hydrogen) atoms. The van der Waals surface area contributed by atoms with Crippen LogP contribution in [0.3, 0.4) is 0 Å². The quantitative estimate of drug-likeness (QED) is 0.629. The average molecular weight is 334 g/mol. The lowest BCUT2D eigenvalue weighted by Gasteiger charge is -2.23. The molecule has 1 aromatic carbocycles. The molecule has 0 aliphatic rings. The molecular formula is C17H18O7. The number of carbonyl (C=O) groups excluding carboxylic acids is 2. The van der Waals surface area contributed by atoms with Gasteiger partial charge in [0.05, 0.1) is 0 Å². The van der Waals surface area contributed by atoms with E-state index in [1.165, 1.54) is 13.0 Å². The minimum absolute atomic E-state index is 0.147. The second-order valence-electron chi connectivity index (χ2n) is 6.08. The van der Waals surface area contributed by atoms with Gasteiger partial charge in [-0.15, -0.1) is 0 Å². The smallest absolute Gasteiger partial charge is 0.383 e. The third kappa shape index (κ3) is 3.92. The number of ether oxygens (including phenoxy) is 3. The summed E-state index contributed by atoms with van der Waals surface area (Å²) >= 11 is 0. The van der Waals surface area contributed by atoms with E-state index >= 15 is 0 Å². The first kappa shape index (κ1) is 17.5. The van der Waals surface area contributed by atoms with Gasteiger partial charge < -0.3 is 18.6 Å². The van der Waals surface area contributed by atoms with E-state index in [2.05, 4.69) is 0 Å². The molecule has 0 saturated heterocycles. The molecule has 0 atom stereocenters. The predicted molar refractivity (Wildman–Crippen MR) is 85.5 cm³/mol. The van der Waals surface area contributed by atoms with E-state index in [-0.39, 0.29) is 16.7 Å². The van der Waals surface area contributed by atoms with Gasteiger partial charge >= 0.3 is 17.6 Å². The van der Waals surface area contributed by atoms with Gasteiger partial charge in [0, 0.05) is 13.8 Å². The summed E-state index contributed by atoms with van der Waals surface area (Å²) < 4.78 is 21.0. The topological polar surface area (TPSA) is 92.0 Å². The second kappa shape index (κ2) is 6.35. The number of esters is 2. The minimum Gasteiger partial charge on any atom is -0.487 e. The second-order valence-corrected chi connectivity index (χ2v) is 6.08. The number of fused-ring (bicyclic) bond motifs is 1. The number of benzene rings is 1. The number of hydrogen-bond acceptors (Lipinski definition) is 7. The average Bonchev–Trinajstić information content (AvgIpc) is 2.40. The molecule has 0 bridgehead atoms. The van der Waals surface area contributed by atoms with Crippen molar-refractivity contribution in [3.05, 3.63) is 28.6 Å². The van der Waals surface area contributed by atoms with E-state index in [9.17, 15) is 14.4 Å². The Morgan fingerprint density at radius 3 is 2.12 bits per heavy atom. The lowest BCUT2D eigenvalue weighted by atomic mass is 10.1. The highest BCUT2D eigenvalue weighted by Gasteiger charge is 2.25. The molecule has 0 amide bonds. The van der Waals surface area contributed by atoms with Crippen LogP contribution in [-0.2, 0) is 9.59 Å². The molecule has 1 aromatic heterocycles. The Labute approximate surface area is 138 Å². The fraction of sp³-hybridized carbons (Fsp3) is 0.353. The van der Waals surface area contributed by atoms with Gasteiger partial charge in [0.25, 0.3) is 5.75 Å². The van der Waals surface area contributed by atoms with E-state index in [0.717, 1.165) is 6.92 Å². The summed E-state index contributed by atoms with van der Waals surface area (Å²) in [6.45, 7) is 7.81. The van der Waals surface area contributed by atoms with Crippen LogP contribution >= 0.6 is 0 Å². The Morgan fingerprint density at radius 2 is 1.58 bits per heavy atom. The summed E-state index contributed by atoms with van der Waals surface area (Å²) in [6, 6.07) is 4.80. The molecule has 2 aromatic rings. The summed E-state index contributed by atoms with van der Waals surface area (Å²) in [4.78, 5) is 34.8. The van der Waals surface area contributed by atoms with E-state index < -0.39 is 28.9 Å². The monoisotopic (exact) mass is 334 g/mol. The van der Waals surface area contributed by atoms with Gasteiger partial charge in [-0.3, -0.25) is 9.59 Å². The van der Waals surface area contributed by atoms with Gasteiger partial charge in [0.15, 0.2) is 5.75 Å². The van der Waals surface area contributed by atoms with Crippen molar-refractivity contribution in [2.24, 2.45) is 0 Å². The highest BCUT2D eigenvalue weighted by atomic mass is 16.6. The fourth-order valence-corrected chi connectivity index (χ4v) is 2.06. The van der Waals surface area contributed by atoms with E-state index in [4.69, 9.17) is 18.6 Å². The van der Waals surface area contributed by atoms with Gasteiger partial charge in [-0.1, -0.05) is 6.07 Å². The molecule has 1 heterocycles. The van der Waals surface area contributed by atoms with Gasteiger partial charge in [-0.05, 0) is 32.9 Å². The first-order chi connectivity index (χ1) is 11.1. The van der Waals surface area contributed by atoms with Crippen molar-refractivity contribution in [2.45, 2.75) is 40.2 Å². The maximum absolute atomic E-state index is 12.1. The zero-order chi connectivity index (χ0) is 18.1. The standard InChI is InChI=1S/C17H18O7/c1-9(18)21-14-13-11(23-16(20)15(14)22-10(2)19)7-6-8-12(13)24-17(3,4)5/h6-8H,1-5H3. The Morgan fingerprint density at radius 1 is 1.00 bits per heavy atom. The van der Waals surface area contributed by atoms with Crippen LogP contribution < -0.4 is 19.8 Å². The van der Waals surface area contributed by atoms with Crippen molar-refractivity contribution in [1.82, 2.24) is 0 Å². The van der Waals surface area contributed by atoms with Crippen molar-refractivity contribution < 1.29 is 28.2 Å². The number of rotatable bonds is 3. The fourth-order valence-electron chi connectivity index (χ4n) is 2.06. The normalized spacial score (nSPS) is 11.2. The van der Waals surface area contributed by atoms with Crippen molar-refractivity contribution in [1.29, 1.82) is 0 Å². The Bertz CT molecular complexity index is 856. The molecule has 0 fully saturated rings. The molecule has 7 heteroatoms. The van der Waals surface area contributed by atoms with Gasteiger partial charge in [-0.25, -0.2) is 4.79 Å². The van der Waals surface area contributed by atoms with E-state index in [0.29, 0.717) is 5.75 Å². The Hall–Kier alpha value is -2.83. The highest BCUT2D eigenvalue weighted by molar-refractivity contribution is 5.94. The SMILES string of the molecule is CC(=O)Oc1c(OC(C)=O)c2c(OC(C)(C)C)cccc2oc1=O. The summed E-state index contributed by atoms with van der Waals surface area (Å²) in [5, 5.41) is 0.235. The zero-order valence-corrected chi connectivity index (χ0v) is 14.1. The molecule has 0 saturated carbocycles. The molecule has 128 valence electrons. The largest absolute Gasteiger partial charge is 0.487 e. The van der Waals surface area contributed by atoms with Gasteiger partial charge in [0.2, 0.25) is 0 Å². The first-order valence-electron chi connectivity index (χ1n) is 7.24. The van der Waals surface area contributed by atoms with Gasteiger partial charge in [-0.2, -0.15) is 0 Å². The van der Waals surface area contributed by atoms with Crippen LogP contribution in [0.2, 0.25) is 0 Å². The molecule has 0 aliphatic carbocycles. The highest BCUT2D eigenvalue weighted by Crippen LogP contribution is 2.40. The van der Waals surface area contributed by atoms with Crippen molar-refractivity contribution in [2.75, 3.05) is 0 Å². The van der Waals surface area contributed by atoms with Crippen molar-refractivity contribution >= 4 is 22.9 Å². The Balaban J connectivity index is 2.84. The van der Waals surface area contributed by atoms with E-state index in [1.807, 2.05) is 20.8 Å².